The van der Waals surface area contributed by atoms with E-state index in [2.05, 4.69) is 10.3 Å². The molecule has 0 bridgehead atoms. The lowest BCUT2D eigenvalue weighted by Gasteiger charge is -2.20. The molecule has 0 radical (unpaired) electrons. The van der Waals surface area contributed by atoms with Gasteiger partial charge in [-0.3, -0.25) is 4.79 Å². The highest BCUT2D eigenvalue weighted by Crippen LogP contribution is 2.18. The van der Waals surface area contributed by atoms with E-state index in [0.717, 1.165) is 17.1 Å². The van der Waals surface area contributed by atoms with E-state index in [0.29, 0.717) is 12.2 Å². The van der Waals surface area contributed by atoms with Gasteiger partial charge in [-0.15, -0.1) is 0 Å². The van der Waals surface area contributed by atoms with E-state index in [1.807, 2.05) is 73.7 Å². The average Bonchev–Trinajstić information content (AvgIpc) is 2.65. The molecule has 2 aromatic carbocycles. The molecular formula is C20H19N3O. The first kappa shape index (κ1) is 15.7. The van der Waals surface area contributed by atoms with Crippen LogP contribution in [0.4, 0.5) is 17.1 Å². The Morgan fingerprint density at radius 2 is 1.58 bits per heavy atom. The number of anilines is 3. The van der Waals surface area contributed by atoms with Crippen LogP contribution >= 0.6 is 0 Å². The van der Waals surface area contributed by atoms with E-state index < -0.39 is 0 Å². The second kappa shape index (κ2) is 7.42. The number of para-hydroxylation sites is 2. The standard InChI is InChI=1S/C20H19N3O/c1-2-23(18-11-7-4-8-12-18)20(24)19-14-13-17(15-21-19)22-16-9-5-3-6-10-16/h3-15,22H,2H2,1H3. The molecule has 0 fully saturated rings. The van der Waals surface area contributed by atoms with Crippen molar-refractivity contribution < 1.29 is 4.79 Å². The molecule has 0 aliphatic rings. The minimum atomic E-state index is -0.102. The highest BCUT2D eigenvalue weighted by atomic mass is 16.2. The Morgan fingerprint density at radius 1 is 0.917 bits per heavy atom. The van der Waals surface area contributed by atoms with Crippen molar-refractivity contribution in [1.82, 2.24) is 4.98 Å². The summed E-state index contributed by atoms with van der Waals surface area (Å²) in [5, 5.41) is 3.26. The maximum absolute atomic E-state index is 12.7. The molecule has 3 rings (SSSR count). The highest BCUT2D eigenvalue weighted by molar-refractivity contribution is 6.04. The molecular weight excluding hydrogens is 298 g/mol. The van der Waals surface area contributed by atoms with Crippen LogP contribution in [0.2, 0.25) is 0 Å². The molecule has 0 aliphatic carbocycles. The fourth-order valence-corrected chi connectivity index (χ4v) is 2.47. The van der Waals surface area contributed by atoms with E-state index >= 15 is 0 Å². The second-order valence-corrected chi connectivity index (χ2v) is 5.31. The summed E-state index contributed by atoms with van der Waals surface area (Å²) in [6.45, 7) is 2.55. The number of hydrogen-bond donors (Lipinski definition) is 1. The Bertz CT molecular complexity index is 786. The van der Waals surface area contributed by atoms with Crippen molar-refractivity contribution in [3.8, 4) is 0 Å². The molecule has 0 saturated carbocycles. The lowest BCUT2D eigenvalue weighted by Crippen LogP contribution is -2.31. The predicted octanol–water partition coefficient (Wildman–Crippen LogP) is 4.49. The summed E-state index contributed by atoms with van der Waals surface area (Å²) in [6, 6.07) is 23.1. The molecule has 1 amide bonds. The molecule has 3 aromatic rings. The average molecular weight is 317 g/mol. The van der Waals surface area contributed by atoms with Crippen LogP contribution in [-0.2, 0) is 0 Å². The zero-order chi connectivity index (χ0) is 16.8. The zero-order valence-electron chi connectivity index (χ0n) is 13.5. The van der Waals surface area contributed by atoms with Crippen molar-refractivity contribution in [3.05, 3.63) is 84.7 Å². The van der Waals surface area contributed by atoms with E-state index in [4.69, 9.17) is 0 Å². The number of rotatable bonds is 5. The molecule has 4 nitrogen and oxygen atoms in total. The van der Waals surface area contributed by atoms with Gasteiger partial charge in [-0.1, -0.05) is 36.4 Å². The maximum Gasteiger partial charge on any atom is 0.276 e. The first-order chi connectivity index (χ1) is 11.8. The number of hydrogen-bond acceptors (Lipinski definition) is 3. The number of amides is 1. The number of pyridine rings is 1. The number of carbonyl (C=O) groups is 1. The van der Waals surface area contributed by atoms with E-state index in [1.54, 1.807) is 17.2 Å². The minimum Gasteiger partial charge on any atom is -0.354 e. The van der Waals surface area contributed by atoms with Gasteiger partial charge in [-0.05, 0) is 43.3 Å². The van der Waals surface area contributed by atoms with Crippen LogP contribution in [0.3, 0.4) is 0 Å². The second-order valence-electron chi connectivity index (χ2n) is 5.31. The summed E-state index contributed by atoms with van der Waals surface area (Å²) >= 11 is 0. The van der Waals surface area contributed by atoms with Gasteiger partial charge in [-0.2, -0.15) is 0 Å². The van der Waals surface area contributed by atoms with Crippen LogP contribution in [0.1, 0.15) is 17.4 Å². The highest BCUT2D eigenvalue weighted by Gasteiger charge is 2.16. The molecule has 0 atom stereocenters. The third kappa shape index (κ3) is 3.60. The van der Waals surface area contributed by atoms with Gasteiger partial charge >= 0.3 is 0 Å². The van der Waals surface area contributed by atoms with Crippen molar-refractivity contribution in [2.24, 2.45) is 0 Å². The third-order valence-electron chi connectivity index (χ3n) is 3.67. The Balaban J connectivity index is 1.76. The van der Waals surface area contributed by atoms with Gasteiger partial charge < -0.3 is 10.2 Å². The molecule has 1 aromatic heterocycles. The van der Waals surface area contributed by atoms with Crippen LogP contribution in [-0.4, -0.2) is 17.4 Å². The van der Waals surface area contributed by atoms with E-state index in [-0.39, 0.29) is 5.91 Å². The molecule has 0 spiro atoms. The molecule has 0 aliphatic heterocycles. The molecule has 0 saturated heterocycles. The SMILES string of the molecule is CCN(C(=O)c1ccc(Nc2ccccc2)cn1)c1ccccc1. The molecule has 1 heterocycles. The maximum atomic E-state index is 12.7. The van der Waals surface area contributed by atoms with E-state index in [1.165, 1.54) is 0 Å². The quantitative estimate of drug-likeness (QED) is 0.754. The normalized spacial score (nSPS) is 10.2. The van der Waals surface area contributed by atoms with Gasteiger partial charge in [0.15, 0.2) is 0 Å². The molecule has 4 heteroatoms. The number of nitrogens with one attached hydrogen (secondary N) is 1. The monoisotopic (exact) mass is 317 g/mol. The number of nitrogens with zero attached hydrogens (tertiary/aromatic N) is 2. The summed E-state index contributed by atoms with van der Waals surface area (Å²) in [5.41, 5.74) is 3.14. The molecule has 1 N–H and O–H groups in total. The predicted molar refractivity (Wildman–Crippen MR) is 97.8 cm³/mol. The van der Waals surface area contributed by atoms with Crippen molar-refractivity contribution in [3.63, 3.8) is 0 Å². The van der Waals surface area contributed by atoms with Crippen LogP contribution in [0.15, 0.2) is 79.0 Å². The van der Waals surface area contributed by atoms with Gasteiger partial charge in [0.1, 0.15) is 5.69 Å². The summed E-state index contributed by atoms with van der Waals surface area (Å²) in [5.74, 6) is -0.102. The largest absolute Gasteiger partial charge is 0.354 e. The Hall–Kier alpha value is -3.14. The number of carbonyl (C=O) groups excluding carboxylic acids is 1. The summed E-state index contributed by atoms with van der Waals surface area (Å²) in [6.07, 6.45) is 1.68. The smallest absolute Gasteiger partial charge is 0.276 e. The van der Waals surface area contributed by atoms with Crippen molar-refractivity contribution in [2.45, 2.75) is 6.92 Å². The van der Waals surface area contributed by atoms with E-state index in [9.17, 15) is 4.79 Å². The lowest BCUT2D eigenvalue weighted by atomic mass is 10.2. The lowest BCUT2D eigenvalue weighted by molar-refractivity contribution is 0.0983. The first-order valence-electron chi connectivity index (χ1n) is 7.93. The van der Waals surface area contributed by atoms with Crippen LogP contribution < -0.4 is 10.2 Å². The topological polar surface area (TPSA) is 45.2 Å². The minimum absolute atomic E-state index is 0.102. The molecule has 24 heavy (non-hydrogen) atoms. The van der Waals surface area contributed by atoms with Gasteiger partial charge in [0.2, 0.25) is 0 Å². The Morgan fingerprint density at radius 3 is 2.17 bits per heavy atom. The van der Waals surface area contributed by atoms with Gasteiger partial charge in [0, 0.05) is 17.9 Å². The van der Waals surface area contributed by atoms with Gasteiger partial charge in [-0.25, -0.2) is 4.98 Å². The zero-order valence-corrected chi connectivity index (χ0v) is 13.5. The first-order valence-corrected chi connectivity index (χ1v) is 7.93. The van der Waals surface area contributed by atoms with Crippen LogP contribution in [0.25, 0.3) is 0 Å². The van der Waals surface area contributed by atoms with Crippen LogP contribution in [0.5, 0.6) is 0 Å². The van der Waals surface area contributed by atoms with Crippen molar-refractivity contribution in [1.29, 1.82) is 0 Å². The third-order valence-corrected chi connectivity index (χ3v) is 3.67. The summed E-state index contributed by atoms with van der Waals surface area (Å²) in [7, 11) is 0. The molecule has 120 valence electrons. The Labute approximate surface area is 141 Å². The number of aromatic nitrogens is 1. The summed E-state index contributed by atoms with van der Waals surface area (Å²) in [4.78, 5) is 18.7. The molecule has 0 unspecified atom stereocenters. The Kier molecular flexibility index (Phi) is 4.87. The fraction of sp³-hybridized carbons (Fsp3) is 0.100. The van der Waals surface area contributed by atoms with Gasteiger partial charge in [0.05, 0.1) is 11.9 Å². The van der Waals surface area contributed by atoms with Crippen LogP contribution in [0, 0.1) is 0 Å². The summed E-state index contributed by atoms with van der Waals surface area (Å²) < 4.78 is 0. The fourth-order valence-electron chi connectivity index (χ4n) is 2.47. The number of benzene rings is 2. The van der Waals surface area contributed by atoms with Gasteiger partial charge in [0.25, 0.3) is 5.91 Å². The van der Waals surface area contributed by atoms with Crippen molar-refractivity contribution in [2.75, 3.05) is 16.8 Å². The van der Waals surface area contributed by atoms with Crippen molar-refractivity contribution >= 4 is 23.0 Å².